The van der Waals surface area contributed by atoms with Crippen LogP contribution < -0.4 is 5.32 Å². The molecule has 0 radical (unpaired) electrons. The van der Waals surface area contributed by atoms with Gasteiger partial charge >= 0.3 is 0 Å². The highest BCUT2D eigenvalue weighted by Gasteiger charge is 2.11. The van der Waals surface area contributed by atoms with Gasteiger partial charge in [-0.25, -0.2) is 4.39 Å². The molecule has 2 heteroatoms. The summed E-state index contributed by atoms with van der Waals surface area (Å²) in [5.74, 6) is -0.189. The number of rotatable bonds is 5. The van der Waals surface area contributed by atoms with E-state index >= 15 is 0 Å². The zero-order valence-corrected chi connectivity index (χ0v) is 8.32. The standard InChI is InChI=1S/C11H20FN/c1-10(12)6-5-9-13-11-7-3-2-4-8-11/h11,13H,1-9H2. The van der Waals surface area contributed by atoms with E-state index in [2.05, 4.69) is 11.9 Å². The molecule has 0 atom stereocenters. The van der Waals surface area contributed by atoms with E-state index in [0.717, 1.165) is 13.0 Å². The predicted molar refractivity (Wildman–Crippen MR) is 54.4 cm³/mol. The fraction of sp³-hybridized carbons (Fsp3) is 0.818. The lowest BCUT2D eigenvalue weighted by Gasteiger charge is -2.22. The summed E-state index contributed by atoms with van der Waals surface area (Å²) in [6, 6.07) is 0.696. The summed E-state index contributed by atoms with van der Waals surface area (Å²) in [7, 11) is 0. The molecule has 0 amide bonds. The fourth-order valence-electron chi connectivity index (χ4n) is 1.89. The van der Waals surface area contributed by atoms with Gasteiger partial charge in [0.05, 0.1) is 5.83 Å². The van der Waals surface area contributed by atoms with Gasteiger partial charge in [-0.1, -0.05) is 25.8 Å². The highest BCUT2D eigenvalue weighted by molar-refractivity contribution is 4.80. The Kier molecular flexibility index (Phi) is 5.06. The molecule has 1 fully saturated rings. The SMILES string of the molecule is C=C(F)CCCNC1CCCCC1. The molecule has 0 saturated heterocycles. The molecule has 1 nitrogen and oxygen atoms in total. The molecule has 1 rings (SSSR count). The molecule has 0 aliphatic heterocycles. The van der Waals surface area contributed by atoms with Gasteiger partial charge in [0, 0.05) is 6.04 Å². The first-order chi connectivity index (χ1) is 6.29. The number of hydrogen-bond donors (Lipinski definition) is 1. The van der Waals surface area contributed by atoms with Crippen molar-refractivity contribution >= 4 is 0 Å². The summed E-state index contributed by atoms with van der Waals surface area (Å²) >= 11 is 0. The Balaban J connectivity index is 1.95. The summed E-state index contributed by atoms with van der Waals surface area (Å²) in [5, 5.41) is 3.47. The number of allylic oxidation sites excluding steroid dienone is 1. The molecular weight excluding hydrogens is 165 g/mol. The van der Waals surface area contributed by atoms with E-state index in [4.69, 9.17) is 0 Å². The molecule has 0 bridgehead atoms. The van der Waals surface area contributed by atoms with Crippen molar-refractivity contribution in [2.75, 3.05) is 6.54 Å². The van der Waals surface area contributed by atoms with Gasteiger partial charge in [-0.3, -0.25) is 0 Å². The minimum absolute atomic E-state index is 0.189. The van der Waals surface area contributed by atoms with Crippen molar-refractivity contribution in [2.45, 2.75) is 51.0 Å². The van der Waals surface area contributed by atoms with Gasteiger partial charge in [-0.15, -0.1) is 0 Å². The minimum atomic E-state index is -0.189. The molecule has 0 aromatic rings. The van der Waals surface area contributed by atoms with E-state index < -0.39 is 0 Å². The van der Waals surface area contributed by atoms with Gasteiger partial charge in [0.15, 0.2) is 0 Å². The second-order valence-electron chi connectivity index (χ2n) is 3.91. The molecule has 0 heterocycles. The topological polar surface area (TPSA) is 12.0 Å². The second-order valence-corrected chi connectivity index (χ2v) is 3.91. The smallest absolute Gasteiger partial charge is 0.0928 e. The number of halogens is 1. The van der Waals surface area contributed by atoms with Crippen molar-refractivity contribution in [3.8, 4) is 0 Å². The molecule has 1 N–H and O–H groups in total. The maximum Gasteiger partial charge on any atom is 0.0928 e. The molecule has 1 aliphatic carbocycles. The maximum atomic E-state index is 12.2. The van der Waals surface area contributed by atoms with Gasteiger partial charge in [-0.05, 0) is 32.2 Å². The van der Waals surface area contributed by atoms with Crippen LogP contribution in [0.5, 0.6) is 0 Å². The molecular formula is C11H20FN. The largest absolute Gasteiger partial charge is 0.314 e. The summed E-state index contributed by atoms with van der Waals surface area (Å²) < 4.78 is 12.2. The van der Waals surface area contributed by atoms with Crippen LogP contribution in [0, 0.1) is 0 Å². The van der Waals surface area contributed by atoms with E-state index in [9.17, 15) is 4.39 Å². The third kappa shape index (κ3) is 5.04. The van der Waals surface area contributed by atoms with Crippen LogP contribution in [0.15, 0.2) is 12.4 Å². The van der Waals surface area contributed by atoms with Crippen LogP contribution in [0.2, 0.25) is 0 Å². The average Bonchev–Trinajstić information content (AvgIpc) is 2.14. The van der Waals surface area contributed by atoms with Gasteiger partial charge in [0.2, 0.25) is 0 Å². The summed E-state index contributed by atoms with van der Waals surface area (Å²) in [6.07, 6.45) is 8.10. The molecule has 76 valence electrons. The lowest BCUT2D eigenvalue weighted by atomic mass is 9.95. The first-order valence-electron chi connectivity index (χ1n) is 5.35. The Hall–Kier alpha value is -0.370. The van der Waals surface area contributed by atoms with E-state index in [1.165, 1.54) is 32.1 Å². The summed E-state index contributed by atoms with van der Waals surface area (Å²) in [6.45, 7) is 4.18. The lowest BCUT2D eigenvalue weighted by molar-refractivity contribution is 0.370. The Bertz CT molecular complexity index is 150. The first-order valence-corrected chi connectivity index (χ1v) is 5.35. The van der Waals surface area contributed by atoms with E-state index in [1.807, 2.05) is 0 Å². The van der Waals surface area contributed by atoms with Gasteiger partial charge in [0.25, 0.3) is 0 Å². The van der Waals surface area contributed by atoms with Crippen LogP contribution in [-0.4, -0.2) is 12.6 Å². The maximum absolute atomic E-state index is 12.2. The quantitative estimate of drug-likeness (QED) is 0.649. The lowest BCUT2D eigenvalue weighted by Crippen LogP contribution is -2.31. The molecule has 1 saturated carbocycles. The Morgan fingerprint density at radius 3 is 2.62 bits per heavy atom. The van der Waals surface area contributed by atoms with Gasteiger partial charge in [0.1, 0.15) is 0 Å². The van der Waals surface area contributed by atoms with Crippen molar-refractivity contribution in [3.05, 3.63) is 12.4 Å². The summed E-state index contributed by atoms with van der Waals surface area (Å²) in [5.41, 5.74) is 0. The fourth-order valence-corrected chi connectivity index (χ4v) is 1.89. The van der Waals surface area contributed by atoms with E-state index in [-0.39, 0.29) is 5.83 Å². The third-order valence-corrected chi connectivity index (χ3v) is 2.66. The van der Waals surface area contributed by atoms with Crippen molar-refractivity contribution < 1.29 is 4.39 Å². The third-order valence-electron chi connectivity index (χ3n) is 2.66. The number of nitrogens with one attached hydrogen (secondary N) is 1. The van der Waals surface area contributed by atoms with Crippen LogP contribution in [0.25, 0.3) is 0 Å². The van der Waals surface area contributed by atoms with Gasteiger partial charge < -0.3 is 5.32 Å². The van der Waals surface area contributed by atoms with Crippen molar-refractivity contribution in [2.24, 2.45) is 0 Å². The zero-order chi connectivity index (χ0) is 9.52. The zero-order valence-electron chi connectivity index (χ0n) is 8.32. The Morgan fingerprint density at radius 2 is 2.00 bits per heavy atom. The molecule has 0 unspecified atom stereocenters. The van der Waals surface area contributed by atoms with Crippen LogP contribution in [0.3, 0.4) is 0 Å². The van der Waals surface area contributed by atoms with Crippen molar-refractivity contribution in [1.82, 2.24) is 5.32 Å². The van der Waals surface area contributed by atoms with E-state index in [1.54, 1.807) is 0 Å². The molecule has 0 aromatic carbocycles. The van der Waals surface area contributed by atoms with Crippen LogP contribution in [0.4, 0.5) is 4.39 Å². The van der Waals surface area contributed by atoms with Crippen LogP contribution >= 0.6 is 0 Å². The Labute approximate surface area is 80.4 Å². The van der Waals surface area contributed by atoms with E-state index in [0.29, 0.717) is 12.5 Å². The second kappa shape index (κ2) is 6.14. The van der Waals surface area contributed by atoms with Crippen LogP contribution in [0.1, 0.15) is 44.9 Å². The first kappa shape index (κ1) is 10.7. The summed E-state index contributed by atoms with van der Waals surface area (Å²) in [4.78, 5) is 0. The highest BCUT2D eigenvalue weighted by Crippen LogP contribution is 2.17. The molecule has 1 aliphatic rings. The van der Waals surface area contributed by atoms with Crippen LogP contribution in [-0.2, 0) is 0 Å². The normalized spacial score (nSPS) is 18.8. The van der Waals surface area contributed by atoms with Crippen molar-refractivity contribution in [1.29, 1.82) is 0 Å². The van der Waals surface area contributed by atoms with Gasteiger partial charge in [-0.2, -0.15) is 0 Å². The molecule has 0 aromatic heterocycles. The number of hydrogen-bond acceptors (Lipinski definition) is 1. The average molecular weight is 185 g/mol. The highest BCUT2D eigenvalue weighted by atomic mass is 19.1. The molecule has 0 spiro atoms. The monoisotopic (exact) mass is 185 g/mol. The predicted octanol–water partition coefficient (Wildman–Crippen LogP) is 3.17. The Morgan fingerprint density at radius 1 is 1.31 bits per heavy atom. The minimum Gasteiger partial charge on any atom is -0.314 e. The van der Waals surface area contributed by atoms with Crippen molar-refractivity contribution in [3.63, 3.8) is 0 Å². The molecule has 13 heavy (non-hydrogen) atoms.